The summed E-state index contributed by atoms with van der Waals surface area (Å²) in [4.78, 5) is 48.5. The minimum atomic E-state index is -1.50. The Morgan fingerprint density at radius 1 is 0.955 bits per heavy atom. The van der Waals surface area contributed by atoms with Gasteiger partial charge in [0.05, 0.1) is 33.8 Å². The van der Waals surface area contributed by atoms with Crippen LogP contribution >= 0.6 is 0 Å². The number of carbonyl (C=O) groups excluding carboxylic acids is 1. The Bertz CT molecular complexity index is 2490. The minimum Gasteiger partial charge on any atom is -0.487 e. The number of likely N-dealkylation sites (N-methyl/N-ethyl adjacent to an activating group) is 1. The number of fused-ring (bicyclic) bond motifs is 2. The first-order valence-corrected chi connectivity index (χ1v) is 22.6. The van der Waals surface area contributed by atoms with E-state index < -0.39 is 27.6 Å². The molecule has 16 nitrogen and oxygen atoms in total. The van der Waals surface area contributed by atoms with E-state index in [1.807, 2.05) is 43.3 Å². The van der Waals surface area contributed by atoms with Crippen molar-refractivity contribution in [2.75, 3.05) is 26.9 Å². The molecule has 0 radical (unpaired) electrons. The van der Waals surface area contributed by atoms with Crippen molar-refractivity contribution in [2.45, 2.75) is 82.8 Å². The van der Waals surface area contributed by atoms with E-state index in [9.17, 15) is 35.2 Å². The minimum absolute atomic E-state index is 0.00831. The Kier molecular flexibility index (Phi) is 15.9. The highest BCUT2D eigenvalue weighted by Crippen LogP contribution is 2.62. The molecule has 0 unspecified atom stereocenters. The SMILES string of the molecule is C=CCO[C@@]12Oc3ccc(OCc4cccc(C)n4)cc3[C@H]3[C@H](CCCCO)[C@@H](CCCCO)C=C(C(=NOCc4ccc([N+](=O)[O-])cc4)C[C@@H]1N(C)C(=O)C=Cc1ccc([N+](=O)[O-])cc1)[C@H]32. The maximum atomic E-state index is 14.4. The second-order valence-corrected chi connectivity index (χ2v) is 17.2. The molecule has 3 aliphatic rings. The number of pyridine rings is 1. The standard InChI is InChI=1S/C51H57N5O11/c1-4-28-65-51-47(54(3)48(59)25-18-35-14-19-39(20-15-35)55(60)61)31-45(53-66-32-36-16-21-40(22-17-36)56(62)63)43-29-37(11-5-7-26-57)42(13-6-8-27-58)49(50(43)51)44-30-41(23-24-46(44)67-51)64-33-38-12-9-10-34(2)52-38/h4,9-10,12,14-25,29-30,37,42,47,49-50,57-58H,1,5-8,11,13,26-28,31-33H2,2-3H3/t37-,42+,47-,49+,50+,51+/m0/s1. The highest BCUT2D eigenvalue weighted by Gasteiger charge is 2.65. The number of oxime groups is 1. The van der Waals surface area contributed by atoms with Gasteiger partial charge in [-0.25, -0.2) is 0 Å². The molecule has 0 spiro atoms. The summed E-state index contributed by atoms with van der Waals surface area (Å²) in [6.07, 6.45) is 11.3. The van der Waals surface area contributed by atoms with Gasteiger partial charge in [-0.2, -0.15) is 0 Å². The van der Waals surface area contributed by atoms with E-state index in [1.54, 1.807) is 48.4 Å². The normalized spacial score (nSPS) is 22.2. The lowest BCUT2D eigenvalue weighted by Crippen LogP contribution is -2.69. The van der Waals surface area contributed by atoms with Crippen molar-refractivity contribution in [2.24, 2.45) is 22.9 Å². The second-order valence-electron chi connectivity index (χ2n) is 17.2. The van der Waals surface area contributed by atoms with Crippen LogP contribution in [0.4, 0.5) is 11.4 Å². The fourth-order valence-corrected chi connectivity index (χ4v) is 9.70. The fraction of sp³-hybridized carbons (Fsp3) is 0.392. The lowest BCUT2D eigenvalue weighted by atomic mass is 9.55. The van der Waals surface area contributed by atoms with Gasteiger partial charge in [0.25, 0.3) is 11.4 Å². The molecule has 4 aromatic rings. The Hall–Kier alpha value is -6.75. The van der Waals surface area contributed by atoms with Crippen LogP contribution in [0.15, 0.2) is 120 Å². The first kappa shape index (κ1) is 48.2. The van der Waals surface area contributed by atoms with E-state index in [4.69, 9.17) is 24.2 Å². The largest absolute Gasteiger partial charge is 0.487 e. The molecule has 2 aliphatic carbocycles. The third-order valence-electron chi connectivity index (χ3n) is 12.9. The zero-order valence-corrected chi connectivity index (χ0v) is 37.8. The van der Waals surface area contributed by atoms with Crippen LogP contribution in [0, 0.1) is 44.9 Å². The van der Waals surface area contributed by atoms with Crippen molar-refractivity contribution >= 4 is 29.1 Å². The van der Waals surface area contributed by atoms with Crippen molar-refractivity contribution in [3.05, 3.63) is 164 Å². The van der Waals surface area contributed by atoms with Crippen LogP contribution in [0.5, 0.6) is 11.5 Å². The van der Waals surface area contributed by atoms with Gasteiger partial charge in [0.2, 0.25) is 11.7 Å². The third-order valence-corrected chi connectivity index (χ3v) is 12.9. The Morgan fingerprint density at radius 2 is 1.66 bits per heavy atom. The van der Waals surface area contributed by atoms with Crippen molar-refractivity contribution in [1.82, 2.24) is 9.88 Å². The highest BCUT2D eigenvalue weighted by atomic mass is 16.7. The van der Waals surface area contributed by atoms with E-state index in [0.29, 0.717) is 41.2 Å². The number of non-ortho nitro benzene ring substituents is 2. The van der Waals surface area contributed by atoms with Crippen molar-refractivity contribution < 1.29 is 43.9 Å². The lowest BCUT2D eigenvalue weighted by molar-refractivity contribution is -0.385. The monoisotopic (exact) mass is 915 g/mol. The molecule has 16 heteroatoms. The van der Waals surface area contributed by atoms with Crippen LogP contribution in [0.3, 0.4) is 0 Å². The Balaban J connectivity index is 1.37. The zero-order valence-electron chi connectivity index (χ0n) is 37.8. The van der Waals surface area contributed by atoms with Gasteiger partial charge in [-0.05, 0) is 122 Å². The molecule has 0 bridgehead atoms. The number of aromatic nitrogens is 1. The van der Waals surface area contributed by atoms with Crippen LogP contribution in [-0.4, -0.2) is 80.3 Å². The molecule has 7 rings (SSSR count). The zero-order chi connectivity index (χ0) is 47.5. The Labute approximate surface area is 389 Å². The number of carbonyl (C=O) groups is 1. The summed E-state index contributed by atoms with van der Waals surface area (Å²) in [6.45, 7) is 6.34. The number of allylic oxidation sites excluding steroid dienone is 1. The molecule has 1 aliphatic heterocycles. The van der Waals surface area contributed by atoms with Crippen LogP contribution < -0.4 is 9.47 Å². The number of rotatable bonds is 22. The molecular weight excluding hydrogens is 859 g/mol. The van der Waals surface area contributed by atoms with Crippen LogP contribution in [0.2, 0.25) is 0 Å². The molecule has 67 heavy (non-hydrogen) atoms. The molecule has 1 amide bonds. The van der Waals surface area contributed by atoms with Gasteiger partial charge in [0.1, 0.15) is 30.8 Å². The van der Waals surface area contributed by atoms with E-state index in [2.05, 4.69) is 17.6 Å². The molecule has 352 valence electrons. The summed E-state index contributed by atoms with van der Waals surface area (Å²) in [7, 11) is 1.68. The number of ether oxygens (including phenoxy) is 3. The van der Waals surface area contributed by atoms with Crippen LogP contribution in [0.1, 0.15) is 78.9 Å². The maximum absolute atomic E-state index is 14.4. The van der Waals surface area contributed by atoms with Crippen LogP contribution in [-0.2, 0) is 27.6 Å². The number of aliphatic hydroxyl groups excluding tert-OH is 2. The lowest BCUT2D eigenvalue weighted by Gasteiger charge is -2.59. The molecular formula is C51H57N5O11. The summed E-state index contributed by atoms with van der Waals surface area (Å²) < 4.78 is 20.6. The predicted molar refractivity (Wildman–Crippen MR) is 251 cm³/mol. The first-order chi connectivity index (χ1) is 32.5. The summed E-state index contributed by atoms with van der Waals surface area (Å²) in [5.74, 6) is -1.61. The molecule has 6 atom stereocenters. The van der Waals surface area contributed by atoms with E-state index >= 15 is 0 Å². The van der Waals surface area contributed by atoms with E-state index in [1.165, 1.54) is 30.3 Å². The number of nitrogens with zero attached hydrogens (tertiary/aromatic N) is 5. The summed E-state index contributed by atoms with van der Waals surface area (Å²) >= 11 is 0. The molecule has 2 N–H and O–H groups in total. The number of unbranched alkanes of at least 4 members (excludes halogenated alkanes) is 2. The van der Waals surface area contributed by atoms with Gasteiger partial charge in [0.15, 0.2) is 0 Å². The smallest absolute Gasteiger partial charge is 0.269 e. The van der Waals surface area contributed by atoms with Gasteiger partial charge in [0, 0.05) is 74.2 Å². The molecule has 2 heterocycles. The van der Waals surface area contributed by atoms with Crippen molar-refractivity contribution in [1.29, 1.82) is 0 Å². The van der Waals surface area contributed by atoms with Crippen LogP contribution in [0.25, 0.3) is 6.08 Å². The molecule has 3 aromatic carbocycles. The fourth-order valence-electron chi connectivity index (χ4n) is 9.70. The quantitative estimate of drug-likeness (QED) is 0.0249. The number of aryl methyl sites for hydroxylation is 1. The summed E-state index contributed by atoms with van der Waals surface area (Å²) in [5.41, 5.74) is 5.09. The van der Waals surface area contributed by atoms with Gasteiger partial charge >= 0.3 is 0 Å². The summed E-state index contributed by atoms with van der Waals surface area (Å²) in [6, 6.07) is 22.7. The molecule has 1 aromatic heterocycles. The van der Waals surface area contributed by atoms with Crippen molar-refractivity contribution in [3.63, 3.8) is 0 Å². The van der Waals surface area contributed by atoms with E-state index in [-0.39, 0.29) is 74.5 Å². The highest BCUT2D eigenvalue weighted by molar-refractivity contribution is 6.03. The number of nitro benzene ring substituents is 2. The number of nitro groups is 2. The summed E-state index contributed by atoms with van der Waals surface area (Å²) in [5, 5.41) is 47.4. The molecule has 1 fully saturated rings. The molecule has 1 saturated carbocycles. The first-order valence-electron chi connectivity index (χ1n) is 22.6. The number of benzene rings is 3. The van der Waals surface area contributed by atoms with Gasteiger partial charge in [-0.1, -0.05) is 36.2 Å². The number of amides is 1. The predicted octanol–water partition coefficient (Wildman–Crippen LogP) is 8.79. The number of hydrogen-bond donors (Lipinski definition) is 2. The second kappa shape index (κ2) is 22.2. The van der Waals surface area contributed by atoms with Crippen molar-refractivity contribution in [3.8, 4) is 11.5 Å². The van der Waals surface area contributed by atoms with Gasteiger partial charge in [-0.15, -0.1) is 6.58 Å². The molecule has 0 saturated heterocycles. The van der Waals surface area contributed by atoms with Gasteiger partial charge in [-0.3, -0.25) is 30.0 Å². The average Bonchev–Trinajstić information content (AvgIpc) is 3.33. The Morgan fingerprint density at radius 3 is 2.33 bits per heavy atom. The number of hydrogen-bond acceptors (Lipinski definition) is 13. The topological polar surface area (TPSA) is 209 Å². The average molecular weight is 916 g/mol. The van der Waals surface area contributed by atoms with Gasteiger partial charge < -0.3 is 34.2 Å². The third kappa shape index (κ3) is 11.1. The number of aliphatic hydroxyl groups is 2. The van der Waals surface area contributed by atoms with E-state index in [0.717, 1.165) is 48.2 Å². The maximum Gasteiger partial charge on any atom is 0.269 e.